The van der Waals surface area contributed by atoms with Gasteiger partial charge in [-0.25, -0.2) is 9.18 Å². The van der Waals surface area contributed by atoms with Gasteiger partial charge in [-0.05, 0) is 54.4 Å². The highest BCUT2D eigenvalue weighted by atomic mass is 35.5. The summed E-state index contributed by atoms with van der Waals surface area (Å²) in [5.74, 6) is -0.534. The number of aromatic nitrogens is 1. The zero-order valence-corrected chi connectivity index (χ0v) is 21.3. The van der Waals surface area contributed by atoms with E-state index in [1.807, 2.05) is 0 Å². The van der Waals surface area contributed by atoms with Crippen LogP contribution in [0.25, 0.3) is 0 Å². The summed E-state index contributed by atoms with van der Waals surface area (Å²) in [5.41, 5.74) is -1.44. The van der Waals surface area contributed by atoms with Gasteiger partial charge in [0, 0.05) is 11.9 Å². The molecule has 0 fully saturated rings. The van der Waals surface area contributed by atoms with Crippen LogP contribution in [0.3, 0.4) is 0 Å². The Labute approximate surface area is 219 Å². The van der Waals surface area contributed by atoms with E-state index in [-0.39, 0.29) is 11.3 Å². The Kier molecular flexibility index (Phi) is 9.92. The van der Waals surface area contributed by atoms with E-state index in [2.05, 4.69) is 22.5 Å². The first-order valence-electron chi connectivity index (χ1n) is 12.3. The van der Waals surface area contributed by atoms with E-state index < -0.39 is 29.1 Å². The number of hydrogen-bond donors (Lipinski definition) is 2. The van der Waals surface area contributed by atoms with Crippen LogP contribution in [0.2, 0.25) is 5.02 Å². The monoisotopic (exact) mass is 535 g/mol. The molecule has 0 unspecified atom stereocenters. The van der Waals surface area contributed by atoms with Crippen molar-refractivity contribution in [1.29, 1.82) is 0 Å². The molecule has 1 heterocycles. The van der Waals surface area contributed by atoms with Gasteiger partial charge in [-0.15, -0.1) is 0 Å². The largest absolute Gasteiger partial charge is 0.416 e. The number of halogens is 5. The summed E-state index contributed by atoms with van der Waals surface area (Å²) in [6, 6.07) is 12.7. The summed E-state index contributed by atoms with van der Waals surface area (Å²) >= 11 is 6.05. The Morgan fingerprint density at radius 3 is 2.30 bits per heavy atom. The second-order valence-corrected chi connectivity index (χ2v) is 9.39. The van der Waals surface area contributed by atoms with Crippen molar-refractivity contribution in [3.8, 4) is 0 Å². The van der Waals surface area contributed by atoms with E-state index in [4.69, 9.17) is 11.6 Å². The number of unbranched alkanes of at least 4 members (excludes halogenated alkanes) is 5. The van der Waals surface area contributed by atoms with Crippen molar-refractivity contribution in [2.45, 2.75) is 63.6 Å². The van der Waals surface area contributed by atoms with Crippen molar-refractivity contribution in [1.82, 2.24) is 10.3 Å². The standard InChI is InChI=1S/C28H30ClF4N3O/c1-2-3-4-5-6-7-16-27(25-15-14-22(29)19-34-25,20-10-8-11-21(17-20)28(31,32)33)36-26(37)35-24-13-9-12-23(30)18-24/h8-15,17-19H,2-7,16H2,1H3,(H2,35,36,37)/t27-/m0/s1. The van der Waals surface area contributed by atoms with Crippen molar-refractivity contribution in [2.75, 3.05) is 5.32 Å². The van der Waals surface area contributed by atoms with Gasteiger partial charge in [0.15, 0.2) is 0 Å². The van der Waals surface area contributed by atoms with Gasteiger partial charge in [-0.3, -0.25) is 4.98 Å². The molecule has 3 rings (SSSR count). The van der Waals surface area contributed by atoms with Crippen molar-refractivity contribution in [3.05, 3.63) is 94.5 Å². The molecule has 0 bridgehead atoms. The third-order valence-corrected chi connectivity index (χ3v) is 6.39. The summed E-state index contributed by atoms with van der Waals surface area (Å²) in [6.45, 7) is 2.12. The van der Waals surface area contributed by atoms with Crippen LogP contribution in [0.15, 0.2) is 66.9 Å². The zero-order valence-electron chi connectivity index (χ0n) is 20.5. The van der Waals surface area contributed by atoms with E-state index in [0.717, 1.165) is 50.3 Å². The summed E-state index contributed by atoms with van der Waals surface area (Å²) in [4.78, 5) is 17.6. The Bertz CT molecular complexity index is 1170. The van der Waals surface area contributed by atoms with E-state index in [9.17, 15) is 22.4 Å². The molecule has 0 saturated heterocycles. The number of nitrogens with zero attached hydrogens (tertiary/aromatic N) is 1. The summed E-state index contributed by atoms with van der Waals surface area (Å²) < 4.78 is 54.6. The first kappa shape index (κ1) is 28.4. The van der Waals surface area contributed by atoms with Crippen LogP contribution >= 0.6 is 11.6 Å². The van der Waals surface area contributed by atoms with Crippen LogP contribution in [-0.2, 0) is 11.7 Å². The third-order valence-electron chi connectivity index (χ3n) is 6.16. The number of pyridine rings is 1. The van der Waals surface area contributed by atoms with Crippen LogP contribution in [0.5, 0.6) is 0 Å². The Morgan fingerprint density at radius 1 is 0.919 bits per heavy atom. The number of anilines is 1. The van der Waals surface area contributed by atoms with Crippen LogP contribution in [-0.4, -0.2) is 11.0 Å². The summed E-state index contributed by atoms with van der Waals surface area (Å²) in [6.07, 6.45) is 2.80. The van der Waals surface area contributed by atoms with Crippen molar-refractivity contribution >= 4 is 23.3 Å². The van der Waals surface area contributed by atoms with Gasteiger partial charge in [0.25, 0.3) is 0 Å². The van der Waals surface area contributed by atoms with E-state index >= 15 is 0 Å². The molecule has 4 nitrogen and oxygen atoms in total. The molecule has 1 aromatic heterocycles. The van der Waals surface area contributed by atoms with Gasteiger partial charge in [-0.2, -0.15) is 13.2 Å². The molecule has 2 aromatic carbocycles. The predicted molar refractivity (Wildman–Crippen MR) is 138 cm³/mol. The molecular weight excluding hydrogens is 506 g/mol. The fraction of sp³-hybridized carbons (Fsp3) is 0.357. The summed E-state index contributed by atoms with van der Waals surface area (Å²) in [5, 5.41) is 5.82. The van der Waals surface area contributed by atoms with Gasteiger partial charge in [-0.1, -0.05) is 75.2 Å². The SMILES string of the molecule is CCCCCCCC[C@](NC(=O)Nc1cccc(F)c1)(c1cccc(C(F)(F)F)c1)c1ccc(Cl)cn1. The molecule has 0 aliphatic rings. The van der Waals surface area contributed by atoms with E-state index in [1.165, 1.54) is 30.5 Å². The number of nitrogens with one attached hydrogen (secondary N) is 2. The van der Waals surface area contributed by atoms with Gasteiger partial charge >= 0.3 is 12.2 Å². The molecule has 0 aliphatic carbocycles. The van der Waals surface area contributed by atoms with Crippen LogP contribution < -0.4 is 10.6 Å². The maximum Gasteiger partial charge on any atom is 0.416 e. The number of benzene rings is 2. The molecule has 198 valence electrons. The molecule has 0 aliphatic heterocycles. The number of amides is 2. The Balaban J connectivity index is 2.04. The number of hydrogen-bond acceptors (Lipinski definition) is 2. The van der Waals surface area contributed by atoms with Gasteiger partial charge < -0.3 is 10.6 Å². The highest BCUT2D eigenvalue weighted by molar-refractivity contribution is 6.30. The normalized spacial score (nSPS) is 13.1. The topological polar surface area (TPSA) is 54.0 Å². The summed E-state index contributed by atoms with van der Waals surface area (Å²) in [7, 11) is 0. The molecule has 0 saturated carbocycles. The third kappa shape index (κ3) is 7.92. The molecule has 0 spiro atoms. The molecule has 2 N–H and O–H groups in total. The molecule has 9 heteroatoms. The second-order valence-electron chi connectivity index (χ2n) is 8.95. The predicted octanol–water partition coefficient (Wildman–Crippen LogP) is 8.71. The van der Waals surface area contributed by atoms with Crippen molar-refractivity contribution in [3.63, 3.8) is 0 Å². The first-order chi connectivity index (χ1) is 17.6. The molecule has 3 aromatic rings. The fourth-order valence-electron chi connectivity index (χ4n) is 4.30. The second kappa shape index (κ2) is 12.9. The minimum atomic E-state index is -4.57. The quantitative estimate of drug-likeness (QED) is 0.190. The lowest BCUT2D eigenvalue weighted by molar-refractivity contribution is -0.137. The maximum absolute atomic E-state index is 13.7. The number of alkyl halides is 3. The minimum Gasteiger partial charge on any atom is -0.323 e. The Hall–Kier alpha value is -3.13. The van der Waals surface area contributed by atoms with Crippen molar-refractivity contribution < 1.29 is 22.4 Å². The average molecular weight is 536 g/mol. The lowest BCUT2D eigenvalue weighted by Crippen LogP contribution is -2.49. The first-order valence-corrected chi connectivity index (χ1v) is 12.7. The van der Waals surface area contributed by atoms with Crippen molar-refractivity contribution in [2.24, 2.45) is 0 Å². The zero-order chi connectivity index (χ0) is 26.9. The maximum atomic E-state index is 13.7. The molecular formula is C28H30ClF4N3O. The van der Waals surface area contributed by atoms with E-state index in [0.29, 0.717) is 23.6 Å². The van der Waals surface area contributed by atoms with Crippen LogP contribution in [0.1, 0.15) is 68.7 Å². The molecule has 37 heavy (non-hydrogen) atoms. The number of carbonyl (C=O) groups excluding carboxylic acids is 1. The fourth-order valence-corrected chi connectivity index (χ4v) is 4.41. The van der Waals surface area contributed by atoms with Gasteiger partial charge in [0.2, 0.25) is 0 Å². The smallest absolute Gasteiger partial charge is 0.323 e. The average Bonchev–Trinajstić information content (AvgIpc) is 2.85. The minimum absolute atomic E-state index is 0.207. The number of urea groups is 1. The molecule has 2 amide bonds. The lowest BCUT2D eigenvalue weighted by Gasteiger charge is -2.35. The van der Waals surface area contributed by atoms with Gasteiger partial charge in [0.1, 0.15) is 11.4 Å². The van der Waals surface area contributed by atoms with Crippen LogP contribution in [0, 0.1) is 5.82 Å². The van der Waals surface area contributed by atoms with E-state index in [1.54, 1.807) is 18.2 Å². The number of rotatable bonds is 11. The lowest BCUT2D eigenvalue weighted by atomic mass is 9.80. The number of carbonyl (C=O) groups is 1. The highest BCUT2D eigenvalue weighted by Crippen LogP contribution is 2.38. The molecule has 0 radical (unpaired) electrons. The molecule has 1 atom stereocenters. The van der Waals surface area contributed by atoms with Crippen LogP contribution in [0.4, 0.5) is 28.0 Å². The highest BCUT2D eigenvalue weighted by Gasteiger charge is 2.39. The Morgan fingerprint density at radius 2 is 1.62 bits per heavy atom. The van der Waals surface area contributed by atoms with Gasteiger partial charge in [0.05, 0.1) is 16.3 Å².